The molecule has 0 fully saturated rings. The van der Waals surface area contributed by atoms with E-state index in [1.807, 2.05) is 42.0 Å². The van der Waals surface area contributed by atoms with Crippen LogP contribution >= 0.6 is 0 Å². The lowest BCUT2D eigenvalue weighted by Crippen LogP contribution is -2.36. The Morgan fingerprint density at radius 3 is 2.60 bits per heavy atom. The Bertz CT molecular complexity index is 1320. The van der Waals surface area contributed by atoms with Crippen molar-refractivity contribution in [3.05, 3.63) is 93.0 Å². The number of hydrogen-bond acceptors (Lipinski definition) is 4. The molecule has 8 heteroatoms. The molecule has 8 nitrogen and oxygen atoms in total. The van der Waals surface area contributed by atoms with E-state index < -0.39 is 11.1 Å². The number of fused-ring (bicyclic) bond motifs is 1. The van der Waals surface area contributed by atoms with Crippen LogP contribution in [0.4, 0.5) is 0 Å². The van der Waals surface area contributed by atoms with Gasteiger partial charge >= 0.3 is 11.1 Å². The number of H-pyrrole nitrogens is 1. The number of nitrogens with one attached hydrogen (secondary N) is 2. The smallest absolute Gasteiger partial charge is 0.316 e. The molecule has 0 saturated heterocycles. The molecule has 152 valence electrons. The van der Waals surface area contributed by atoms with E-state index >= 15 is 0 Å². The minimum Gasteiger partial charge on any atom is -0.346 e. The summed E-state index contributed by atoms with van der Waals surface area (Å²) in [6, 6.07) is 12.5. The van der Waals surface area contributed by atoms with Gasteiger partial charge in [-0.15, -0.1) is 0 Å². The second-order valence-corrected chi connectivity index (χ2v) is 6.99. The van der Waals surface area contributed by atoms with Crippen molar-refractivity contribution in [1.82, 2.24) is 24.4 Å². The van der Waals surface area contributed by atoms with Crippen LogP contribution in [0.25, 0.3) is 16.7 Å². The number of carbonyl (C=O) groups excluding carboxylic acids is 1. The zero-order valence-corrected chi connectivity index (χ0v) is 16.6. The lowest BCUT2D eigenvalue weighted by atomic mass is 10.1. The monoisotopic (exact) mass is 403 g/mol. The van der Waals surface area contributed by atoms with Gasteiger partial charge in [0, 0.05) is 30.2 Å². The summed E-state index contributed by atoms with van der Waals surface area (Å²) in [5, 5.41) is 2.97. The van der Waals surface area contributed by atoms with Crippen molar-refractivity contribution in [2.45, 2.75) is 26.4 Å². The van der Waals surface area contributed by atoms with Crippen molar-refractivity contribution < 1.29 is 4.79 Å². The molecule has 30 heavy (non-hydrogen) atoms. The van der Waals surface area contributed by atoms with Crippen molar-refractivity contribution in [2.75, 3.05) is 0 Å². The standard InChI is InChI=1S/C22H21N5O3/c1-3-27-19-9-6-16(12-18(19)25-21(29)22(27)30)20(28)24-14(2)15-4-7-17(8-5-15)26-11-10-23-13-26/h4-14H,3H2,1-2H3,(H,24,28)(H,25,29)/t14-/m1/s1. The van der Waals surface area contributed by atoms with Gasteiger partial charge in [-0.25, -0.2) is 4.98 Å². The number of nitrogens with zero attached hydrogens (tertiary/aromatic N) is 3. The maximum Gasteiger partial charge on any atom is 0.316 e. The molecule has 0 spiro atoms. The van der Waals surface area contributed by atoms with Crippen molar-refractivity contribution in [2.24, 2.45) is 0 Å². The summed E-state index contributed by atoms with van der Waals surface area (Å²) in [5.41, 5.74) is 2.08. The van der Waals surface area contributed by atoms with E-state index in [0.717, 1.165) is 11.3 Å². The van der Waals surface area contributed by atoms with Crippen molar-refractivity contribution >= 4 is 16.9 Å². The number of benzene rings is 2. The zero-order valence-electron chi connectivity index (χ0n) is 16.6. The van der Waals surface area contributed by atoms with E-state index in [-0.39, 0.29) is 11.9 Å². The maximum atomic E-state index is 12.7. The van der Waals surface area contributed by atoms with Gasteiger partial charge in [0.15, 0.2) is 0 Å². The molecule has 0 unspecified atom stereocenters. The highest BCUT2D eigenvalue weighted by atomic mass is 16.2. The second-order valence-electron chi connectivity index (χ2n) is 6.99. The van der Waals surface area contributed by atoms with E-state index in [0.29, 0.717) is 23.1 Å². The van der Waals surface area contributed by atoms with Gasteiger partial charge < -0.3 is 19.4 Å². The minimum atomic E-state index is -0.701. The summed E-state index contributed by atoms with van der Waals surface area (Å²) in [6.45, 7) is 4.07. The first-order valence-electron chi connectivity index (χ1n) is 9.64. The maximum absolute atomic E-state index is 12.7. The predicted molar refractivity (Wildman–Crippen MR) is 114 cm³/mol. The highest BCUT2D eigenvalue weighted by Crippen LogP contribution is 2.17. The van der Waals surface area contributed by atoms with Gasteiger partial charge in [0.2, 0.25) is 0 Å². The number of imidazole rings is 1. The fraction of sp³-hybridized carbons (Fsp3) is 0.182. The molecule has 4 aromatic rings. The van der Waals surface area contributed by atoms with Crippen LogP contribution in [0.5, 0.6) is 0 Å². The molecular weight excluding hydrogens is 382 g/mol. The lowest BCUT2D eigenvalue weighted by molar-refractivity contribution is 0.0940. The first kappa shape index (κ1) is 19.4. The molecule has 0 aliphatic heterocycles. The molecular formula is C22H21N5O3. The number of rotatable bonds is 5. The molecule has 0 radical (unpaired) electrons. The molecule has 2 N–H and O–H groups in total. The number of aromatic amines is 1. The summed E-state index contributed by atoms with van der Waals surface area (Å²) < 4.78 is 3.29. The zero-order chi connectivity index (χ0) is 21.3. The van der Waals surface area contributed by atoms with Gasteiger partial charge in [-0.3, -0.25) is 14.4 Å². The van der Waals surface area contributed by atoms with Crippen LogP contribution < -0.4 is 16.4 Å². The Hall–Kier alpha value is -3.94. The lowest BCUT2D eigenvalue weighted by Gasteiger charge is -2.16. The molecule has 1 atom stereocenters. The number of hydrogen-bond donors (Lipinski definition) is 2. The van der Waals surface area contributed by atoms with E-state index in [1.54, 1.807) is 37.6 Å². The largest absolute Gasteiger partial charge is 0.346 e. The van der Waals surface area contributed by atoms with Gasteiger partial charge in [0.25, 0.3) is 5.91 Å². The number of carbonyl (C=O) groups is 1. The first-order valence-corrected chi connectivity index (χ1v) is 9.64. The third-order valence-corrected chi connectivity index (χ3v) is 5.10. The fourth-order valence-electron chi connectivity index (χ4n) is 3.44. The van der Waals surface area contributed by atoms with Gasteiger partial charge in [0.1, 0.15) is 0 Å². The van der Waals surface area contributed by atoms with Crippen LogP contribution in [0.15, 0.2) is 70.8 Å². The van der Waals surface area contributed by atoms with Gasteiger partial charge in [-0.2, -0.15) is 0 Å². The Labute approximate surface area is 171 Å². The van der Waals surface area contributed by atoms with Crippen LogP contribution in [0.1, 0.15) is 35.8 Å². The van der Waals surface area contributed by atoms with Crippen molar-refractivity contribution in [1.29, 1.82) is 0 Å². The topological polar surface area (TPSA) is 102 Å². The molecule has 1 amide bonds. The summed E-state index contributed by atoms with van der Waals surface area (Å²) in [4.78, 5) is 43.2. The molecule has 0 bridgehead atoms. The third-order valence-electron chi connectivity index (χ3n) is 5.10. The van der Waals surface area contributed by atoms with Crippen LogP contribution in [-0.2, 0) is 6.54 Å². The number of aryl methyl sites for hydroxylation is 1. The average molecular weight is 403 g/mol. The van der Waals surface area contributed by atoms with E-state index in [2.05, 4.69) is 15.3 Å². The molecule has 2 aromatic carbocycles. The first-order chi connectivity index (χ1) is 14.5. The fourth-order valence-corrected chi connectivity index (χ4v) is 3.44. The highest BCUT2D eigenvalue weighted by molar-refractivity contribution is 5.97. The normalized spacial score (nSPS) is 12.1. The van der Waals surface area contributed by atoms with Crippen LogP contribution in [0.3, 0.4) is 0 Å². The van der Waals surface area contributed by atoms with E-state index in [4.69, 9.17) is 0 Å². The molecule has 4 rings (SSSR count). The van der Waals surface area contributed by atoms with Gasteiger partial charge in [-0.05, 0) is 49.7 Å². The Morgan fingerprint density at radius 1 is 1.17 bits per heavy atom. The second kappa shape index (κ2) is 7.82. The number of aromatic nitrogens is 4. The molecule has 0 aliphatic rings. The van der Waals surface area contributed by atoms with Crippen LogP contribution in [0, 0.1) is 0 Å². The summed E-state index contributed by atoms with van der Waals surface area (Å²) in [5.74, 6) is -0.266. The highest BCUT2D eigenvalue weighted by Gasteiger charge is 2.14. The summed E-state index contributed by atoms with van der Waals surface area (Å²) in [6.07, 6.45) is 5.30. The molecule has 2 aromatic heterocycles. The van der Waals surface area contributed by atoms with E-state index in [9.17, 15) is 14.4 Å². The third kappa shape index (κ3) is 3.55. The van der Waals surface area contributed by atoms with E-state index in [1.165, 1.54) is 4.57 Å². The average Bonchev–Trinajstić information content (AvgIpc) is 3.29. The minimum absolute atomic E-state index is 0.214. The predicted octanol–water partition coefficient (Wildman–Crippen LogP) is 2.39. The summed E-state index contributed by atoms with van der Waals surface area (Å²) in [7, 11) is 0. The molecule has 0 saturated carbocycles. The van der Waals surface area contributed by atoms with Crippen molar-refractivity contribution in [3.8, 4) is 5.69 Å². The molecule has 0 aliphatic carbocycles. The summed E-state index contributed by atoms with van der Waals surface area (Å²) >= 11 is 0. The Morgan fingerprint density at radius 2 is 1.93 bits per heavy atom. The number of amides is 1. The molecule has 2 heterocycles. The van der Waals surface area contributed by atoms with Gasteiger partial charge in [0.05, 0.1) is 23.4 Å². The van der Waals surface area contributed by atoms with Crippen LogP contribution in [0.2, 0.25) is 0 Å². The Kier molecular flexibility index (Phi) is 5.05. The SMILES string of the molecule is CCn1c(=O)c(=O)[nH]c2cc(C(=O)N[C@H](C)c3ccc(-n4ccnc4)cc3)ccc21. The Balaban J connectivity index is 1.56. The van der Waals surface area contributed by atoms with Gasteiger partial charge in [-0.1, -0.05) is 12.1 Å². The quantitative estimate of drug-likeness (QED) is 0.500. The van der Waals surface area contributed by atoms with Crippen molar-refractivity contribution in [3.63, 3.8) is 0 Å². The van der Waals surface area contributed by atoms with Crippen LogP contribution in [-0.4, -0.2) is 25.0 Å².